The molecule has 0 spiro atoms. The fourth-order valence-electron chi connectivity index (χ4n) is 2.90. The Morgan fingerprint density at radius 2 is 1.93 bits per heavy atom. The lowest BCUT2D eigenvalue weighted by atomic mass is 9.94. The standard InChI is InChI=1S/C19H17Cl2N3O3/c1-10-16(18(25)23-14-5-3-4-6-15(14)27-2)17(24-19(26)22-10)12-8-7-11(20)9-13(12)21/h3-9,17H,1-2H3,(H,23,25)(H2,22,24,26)/t17-/m0/s1. The lowest BCUT2D eigenvalue weighted by Gasteiger charge is -2.29. The summed E-state index contributed by atoms with van der Waals surface area (Å²) in [6.07, 6.45) is 0. The monoisotopic (exact) mass is 405 g/mol. The van der Waals surface area contributed by atoms with Crippen LogP contribution in [-0.2, 0) is 4.79 Å². The van der Waals surface area contributed by atoms with Crippen LogP contribution < -0.4 is 20.7 Å². The van der Waals surface area contributed by atoms with Crippen LogP contribution in [0.25, 0.3) is 0 Å². The number of nitrogens with one attached hydrogen (secondary N) is 3. The lowest BCUT2D eigenvalue weighted by molar-refractivity contribution is -0.113. The third-order valence-electron chi connectivity index (χ3n) is 4.14. The van der Waals surface area contributed by atoms with Gasteiger partial charge in [-0.3, -0.25) is 4.79 Å². The van der Waals surface area contributed by atoms with Gasteiger partial charge in [-0.15, -0.1) is 0 Å². The Balaban J connectivity index is 2.00. The maximum Gasteiger partial charge on any atom is 0.319 e. The topological polar surface area (TPSA) is 79.5 Å². The summed E-state index contributed by atoms with van der Waals surface area (Å²) in [5, 5.41) is 9.00. The van der Waals surface area contributed by atoms with Gasteiger partial charge in [-0.05, 0) is 36.8 Å². The third kappa shape index (κ3) is 4.02. The molecule has 0 bridgehead atoms. The predicted molar refractivity (Wildman–Crippen MR) is 105 cm³/mol. The molecule has 1 atom stereocenters. The summed E-state index contributed by atoms with van der Waals surface area (Å²) < 4.78 is 5.27. The molecule has 8 heteroatoms. The molecule has 1 heterocycles. The first-order chi connectivity index (χ1) is 12.9. The third-order valence-corrected chi connectivity index (χ3v) is 4.70. The fourth-order valence-corrected chi connectivity index (χ4v) is 3.42. The van der Waals surface area contributed by atoms with E-state index in [2.05, 4.69) is 16.0 Å². The van der Waals surface area contributed by atoms with E-state index in [1.165, 1.54) is 7.11 Å². The van der Waals surface area contributed by atoms with Crippen LogP contribution in [0.2, 0.25) is 10.0 Å². The minimum Gasteiger partial charge on any atom is -0.495 e. The number of allylic oxidation sites excluding steroid dienone is 1. The first-order valence-corrected chi connectivity index (χ1v) is 8.84. The van der Waals surface area contributed by atoms with Gasteiger partial charge in [0.25, 0.3) is 5.91 Å². The first-order valence-electron chi connectivity index (χ1n) is 8.08. The Bertz CT molecular complexity index is 944. The molecule has 1 aliphatic heterocycles. The van der Waals surface area contributed by atoms with Gasteiger partial charge in [-0.2, -0.15) is 0 Å². The molecule has 0 saturated carbocycles. The Labute approximate surface area is 166 Å². The Morgan fingerprint density at radius 1 is 1.19 bits per heavy atom. The fraction of sp³-hybridized carbons (Fsp3) is 0.158. The SMILES string of the molecule is COc1ccccc1NC(=O)C1=C(C)NC(=O)N[C@H]1c1ccc(Cl)cc1Cl. The predicted octanol–water partition coefficient (Wildman–Crippen LogP) is 4.27. The van der Waals surface area contributed by atoms with E-state index in [1.54, 1.807) is 49.4 Å². The van der Waals surface area contributed by atoms with Crippen molar-refractivity contribution in [3.8, 4) is 5.75 Å². The Morgan fingerprint density at radius 3 is 2.63 bits per heavy atom. The summed E-state index contributed by atoms with van der Waals surface area (Å²) in [5.41, 5.74) is 1.86. The van der Waals surface area contributed by atoms with E-state index < -0.39 is 12.1 Å². The van der Waals surface area contributed by atoms with Crippen molar-refractivity contribution in [1.29, 1.82) is 0 Å². The second-order valence-electron chi connectivity index (χ2n) is 5.89. The van der Waals surface area contributed by atoms with Crippen LogP contribution in [0.4, 0.5) is 10.5 Å². The van der Waals surface area contributed by atoms with E-state index in [9.17, 15) is 9.59 Å². The number of urea groups is 1. The highest BCUT2D eigenvalue weighted by molar-refractivity contribution is 6.35. The molecule has 6 nitrogen and oxygen atoms in total. The van der Waals surface area contributed by atoms with Crippen LogP contribution in [0.5, 0.6) is 5.75 Å². The Kier molecular flexibility index (Phi) is 5.58. The molecule has 140 valence electrons. The average molecular weight is 406 g/mol. The molecular formula is C19H17Cl2N3O3. The number of halogens is 2. The highest BCUT2D eigenvalue weighted by atomic mass is 35.5. The molecule has 2 aromatic rings. The number of hydrogen-bond acceptors (Lipinski definition) is 3. The van der Waals surface area contributed by atoms with Crippen LogP contribution in [0.3, 0.4) is 0 Å². The summed E-state index contributed by atoms with van der Waals surface area (Å²) in [7, 11) is 1.52. The average Bonchev–Trinajstić information content (AvgIpc) is 2.61. The number of anilines is 1. The molecule has 0 aromatic heterocycles. The first kappa shape index (κ1) is 19.1. The zero-order valence-electron chi connectivity index (χ0n) is 14.6. The number of benzene rings is 2. The van der Waals surface area contributed by atoms with Gasteiger partial charge in [-0.25, -0.2) is 4.79 Å². The van der Waals surface area contributed by atoms with Gasteiger partial charge in [0.2, 0.25) is 0 Å². The number of ether oxygens (including phenoxy) is 1. The van der Waals surface area contributed by atoms with E-state index in [-0.39, 0.29) is 5.91 Å². The second kappa shape index (κ2) is 7.90. The number of hydrogen-bond donors (Lipinski definition) is 3. The van der Waals surface area contributed by atoms with Gasteiger partial charge >= 0.3 is 6.03 Å². The quantitative estimate of drug-likeness (QED) is 0.710. The number of methoxy groups -OCH3 is 1. The number of carbonyl (C=O) groups is 2. The number of para-hydroxylation sites is 2. The summed E-state index contributed by atoms with van der Waals surface area (Å²) in [5.74, 6) is 0.137. The van der Waals surface area contributed by atoms with Gasteiger partial charge in [-0.1, -0.05) is 41.4 Å². The molecule has 1 aliphatic rings. The smallest absolute Gasteiger partial charge is 0.319 e. The van der Waals surface area contributed by atoms with Crippen molar-refractivity contribution in [1.82, 2.24) is 10.6 Å². The van der Waals surface area contributed by atoms with E-state index in [1.807, 2.05) is 0 Å². The van der Waals surface area contributed by atoms with Crippen molar-refractivity contribution in [3.63, 3.8) is 0 Å². The molecule has 3 amide bonds. The minimum absolute atomic E-state index is 0.338. The normalized spacial score (nSPS) is 16.4. The molecule has 0 aliphatic carbocycles. The van der Waals surface area contributed by atoms with Crippen molar-refractivity contribution < 1.29 is 14.3 Å². The number of rotatable bonds is 4. The lowest BCUT2D eigenvalue weighted by Crippen LogP contribution is -2.46. The Hall–Kier alpha value is -2.70. The summed E-state index contributed by atoms with van der Waals surface area (Å²) in [6, 6.07) is 10.8. The molecule has 0 saturated heterocycles. The molecule has 2 aromatic carbocycles. The highest BCUT2D eigenvalue weighted by Gasteiger charge is 2.32. The van der Waals surface area contributed by atoms with Crippen LogP contribution in [0.1, 0.15) is 18.5 Å². The van der Waals surface area contributed by atoms with Crippen LogP contribution in [0, 0.1) is 0 Å². The van der Waals surface area contributed by atoms with E-state index in [4.69, 9.17) is 27.9 Å². The van der Waals surface area contributed by atoms with Crippen molar-refractivity contribution in [2.75, 3.05) is 12.4 Å². The molecule has 0 unspecified atom stereocenters. The molecule has 27 heavy (non-hydrogen) atoms. The van der Waals surface area contributed by atoms with Gasteiger partial charge in [0, 0.05) is 15.7 Å². The van der Waals surface area contributed by atoms with Crippen LogP contribution >= 0.6 is 23.2 Å². The zero-order chi connectivity index (χ0) is 19.6. The second-order valence-corrected chi connectivity index (χ2v) is 6.73. The molecule has 0 fully saturated rings. The summed E-state index contributed by atoms with van der Waals surface area (Å²) >= 11 is 12.3. The molecule has 3 N–H and O–H groups in total. The largest absolute Gasteiger partial charge is 0.495 e. The minimum atomic E-state index is -0.724. The van der Waals surface area contributed by atoms with Crippen molar-refractivity contribution in [3.05, 3.63) is 69.3 Å². The van der Waals surface area contributed by atoms with Gasteiger partial charge in [0.05, 0.1) is 24.4 Å². The maximum absolute atomic E-state index is 13.0. The van der Waals surface area contributed by atoms with Gasteiger partial charge < -0.3 is 20.7 Å². The van der Waals surface area contributed by atoms with Crippen molar-refractivity contribution >= 4 is 40.8 Å². The molecular weight excluding hydrogens is 389 g/mol. The summed E-state index contributed by atoms with van der Waals surface area (Å²) in [4.78, 5) is 25.0. The van der Waals surface area contributed by atoms with E-state index in [0.29, 0.717) is 38.3 Å². The maximum atomic E-state index is 13.0. The van der Waals surface area contributed by atoms with Gasteiger partial charge in [0.15, 0.2) is 0 Å². The van der Waals surface area contributed by atoms with Gasteiger partial charge in [0.1, 0.15) is 5.75 Å². The highest BCUT2D eigenvalue weighted by Crippen LogP contribution is 2.34. The van der Waals surface area contributed by atoms with Crippen molar-refractivity contribution in [2.45, 2.75) is 13.0 Å². The molecule has 3 rings (SSSR count). The molecule has 0 radical (unpaired) electrons. The number of carbonyl (C=O) groups excluding carboxylic acids is 2. The zero-order valence-corrected chi connectivity index (χ0v) is 16.1. The number of amides is 3. The van der Waals surface area contributed by atoms with Crippen LogP contribution in [-0.4, -0.2) is 19.0 Å². The van der Waals surface area contributed by atoms with E-state index >= 15 is 0 Å². The summed E-state index contributed by atoms with van der Waals surface area (Å²) in [6.45, 7) is 1.66. The van der Waals surface area contributed by atoms with Crippen LogP contribution in [0.15, 0.2) is 53.7 Å². The van der Waals surface area contributed by atoms with E-state index in [0.717, 1.165) is 0 Å². The van der Waals surface area contributed by atoms with Crippen molar-refractivity contribution in [2.24, 2.45) is 0 Å².